The molecule has 0 radical (unpaired) electrons. The Kier molecular flexibility index (Phi) is 8.38. The van der Waals surface area contributed by atoms with E-state index in [4.69, 9.17) is 4.74 Å². The Morgan fingerprint density at radius 1 is 1.07 bits per heavy atom. The van der Waals surface area contributed by atoms with Crippen molar-refractivity contribution in [3.8, 4) is 22.9 Å². The van der Waals surface area contributed by atoms with E-state index in [0.717, 1.165) is 41.3 Å². The van der Waals surface area contributed by atoms with Gasteiger partial charge in [0.25, 0.3) is 0 Å². The highest BCUT2D eigenvalue weighted by Gasteiger charge is 2.34. The molecule has 3 aromatic carbocycles. The van der Waals surface area contributed by atoms with Crippen molar-refractivity contribution >= 4 is 22.8 Å². The van der Waals surface area contributed by atoms with Crippen LogP contribution in [0.25, 0.3) is 22.3 Å². The first-order chi connectivity index (χ1) is 21.7. The van der Waals surface area contributed by atoms with Gasteiger partial charge in [-0.25, -0.2) is 13.8 Å². The number of aryl methyl sites for hydroxylation is 2. The first kappa shape index (κ1) is 30.1. The summed E-state index contributed by atoms with van der Waals surface area (Å²) in [6.07, 6.45) is 6.61. The number of carbonyl (C=O) groups excluding carboxylic acids is 1. The van der Waals surface area contributed by atoms with E-state index in [2.05, 4.69) is 20.3 Å². The minimum Gasteiger partial charge on any atom is -0.481 e. The number of amides is 1. The molecule has 4 N–H and O–H groups in total. The summed E-state index contributed by atoms with van der Waals surface area (Å²) < 4.78 is 36.8. The predicted octanol–water partition coefficient (Wildman–Crippen LogP) is 7.18. The average Bonchev–Trinajstić information content (AvgIpc) is 3.70. The summed E-state index contributed by atoms with van der Waals surface area (Å²) in [7, 11) is 0. The molecule has 1 aliphatic heterocycles. The third-order valence-electron chi connectivity index (χ3n) is 8.58. The molecule has 4 bridgehead atoms. The number of nitrogens with one attached hydrogen (secondary N) is 3. The molecule has 2 aromatic heterocycles. The number of nitrogens with zero attached hydrogens (tertiary/aromatic N) is 1. The monoisotopic (exact) mass is 612 g/mol. The number of hydrogen-bond donors (Lipinski definition) is 4. The maximum absolute atomic E-state index is 15.4. The highest BCUT2D eigenvalue weighted by molar-refractivity contribution is 5.85. The molecule has 1 unspecified atom stereocenters. The Balaban J connectivity index is 1.43. The summed E-state index contributed by atoms with van der Waals surface area (Å²) in [5, 5.41) is 13.1. The Morgan fingerprint density at radius 2 is 1.93 bits per heavy atom. The number of ether oxygens (including phenoxy) is 1. The molecule has 0 saturated carbocycles. The van der Waals surface area contributed by atoms with E-state index in [1.165, 1.54) is 24.3 Å². The fourth-order valence-electron chi connectivity index (χ4n) is 6.08. The van der Waals surface area contributed by atoms with Gasteiger partial charge in [-0.3, -0.25) is 9.59 Å². The molecular formula is C35H34F2N4O4. The fraction of sp³-hybridized carbons (Fsp3) is 0.286. The van der Waals surface area contributed by atoms with Crippen molar-refractivity contribution in [2.24, 2.45) is 0 Å². The number of benzene rings is 3. The van der Waals surface area contributed by atoms with Gasteiger partial charge in [-0.05, 0) is 68.0 Å². The van der Waals surface area contributed by atoms with Crippen LogP contribution in [0.2, 0.25) is 0 Å². The van der Waals surface area contributed by atoms with Crippen LogP contribution < -0.4 is 10.1 Å². The van der Waals surface area contributed by atoms with Crippen LogP contribution in [0, 0.1) is 11.6 Å². The van der Waals surface area contributed by atoms with Crippen molar-refractivity contribution < 1.29 is 28.2 Å². The zero-order valence-corrected chi connectivity index (χ0v) is 24.9. The van der Waals surface area contributed by atoms with Gasteiger partial charge < -0.3 is 25.1 Å². The standard InChI is InChI=1S/C35H34F2N4O4/c1-35(22-7-5-6-21(16-22)9-12-32(43)44)19-31(42)39-14-4-2-3-8-25-24-13-15-38-29(24)18-28(37)33(25)45-23-10-11-27(36)26(17-23)34-40-20-30(35)41-34/h5-7,10-11,13,15-18,20,38H,2-4,8-9,12,14,19H2,1H3,(H,39,42)(H,40,41)(H,43,44). The zero-order valence-electron chi connectivity index (χ0n) is 24.9. The summed E-state index contributed by atoms with van der Waals surface area (Å²) in [5.41, 5.74) is 2.84. The number of aliphatic carboxylic acids is 1. The second-order valence-electron chi connectivity index (χ2n) is 11.8. The largest absolute Gasteiger partial charge is 0.481 e. The topological polar surface area (TPSA) is 120 Å². The van der Waals surface area contributed by atoms with Crippen LogP contribution in [0.3, 0.4) is 0 Å². The van der Waals surface area contributed by atoms with Crippen LogP contribution in [-0.4, -0.2) is 38.5 Å². The average molecular weight is 613 g/mol. The molecule has 0 fully saturated rings. The lowest BCUT2D eigenvalue weighted by molar-refractivity contribution is -0.137. The lowest BCUT2D eigenvalue weighted by Crippen LogP contribution is -2.34. The molecule has 10 heteroatoms. The van der Waals surface area contributed by atoms with Gasteiger partial charge in [-0.2, -0.15) is 0 Å². The van der Waals surface area contributed by atoms with Gasteiger partial charge in [0.2, 0.25) is 5.91 Å². The van der Waals surface area contributed by atoms with Crippen LogP contribution in [0.15, 0.2) is 67.0 Å². The first-order valence-electron chi connectivity index (χ1n) is 15.1. The minimum atomic E-state index is -0.894. The van der Waals surface area contributed by atoms with Gasteiger partial charge >= 0.3 is 5.97 Å². The van der Waals surface area contributed by atoms with Crippen LogP contribution >= 0.6 is 0 Å². The number of H-pyrrole nitrogens is 2. The van der Waals surface area contributed by atoms with Gasteiger partial charge in [-0.1, -0.05) is 30.7 Å². The molecule has 1 atom stereocenters. The molecule has 8 nitrogen and oxygen atoms in total. The van der Waals surface area contributed by atoms with Crippen molar-refractivity contribution in [1.29, 1.82) is 0 Å². The summed E-state index contributed by atoms with van der Waals surface area (Å²) >= 11 is 0. The number of carboxylic acids is 1. The van der Waals surface area contributed by atoms with Crippen molar-refractivity contribution in [2.75, 3.05) is 6.54 Å². The second kappa shape index (κ2) is 12.6. The van der Waals surface area contributed by atoms with E-state index in [1.807, 2.05) is 37.3 Å². The number of hydrogen-bond acceptors (Lipinski definition) is 4. The molecule has 0 spiro atoms. The van der Waals surface area contributed by atoms with E-state index in [0.29, 0.717) is 30.6 Å². The third-order valence-corrected chi connectivity index (χ3v) is 8.58. The number of carboxylic acid groups (broad SMARTS) is 1. The normalized spacial score (nSPS) is 17.5. The Bertz CT molecular complexity index is 1880. The highest BCUT2D eigenvalue weighted by Crippen LogP contribution is 2.39. The molecule has 232 valence electrons. The van der Waals surface area contributed by atoms with E-state index < -0.39 is 23.0 Å². The molecule has 3 heterocycles. The summed E-state index contributed by atoms with van der Waals surface area (Å²) in [4.78, 5) is 35.3. The lowest BCUT2D eigenvalue weighted by Gasteiger charge is -2.29. The SMILES string of the molecule is CC1(c2cccc(CCC(=O)O)c2)CC(=O)NCCCCCc2c(c(F)cc3[nH]ccc23)Oc2ccc(F)c(c2)-c2ncc1[nH]2. The van der Waals surface area contributed by atoms with Gasteiger partial charge in [0.1, 0.15) is 17.4 Å². The van der Waals surface area contributed by atoms with E-state index in [-0.39, 0.29) is 41.6 Å². The van der Waals surface area contributed by atoms with E-state index in [1.54, 1.807) is 12.4 Å². The minimum absolute atomic E-state index is 0.0169. The van der Waals surface area contributed by atoms with Crippen LogP contribution in [0.1, 0.15) is 61.4 Å². The van der Waals surface area contributed by atoms with E-state index in [9.17, 15) is 14.7 Å². The Hall–Kier alpha value is -4.99. The van der Waals surface area contributed by atoms with Crippen molar-refractivity contribution in [1.82, 2.24) is 20.3 Å². The number of aromatic amines is 2. The number of imidazole rings is 1. The first-order valence-corrected chi connectivity index (χ1v) is 15.1. The Morgan fingerprint density at radius 3 is 2.78 bits per heavy atom. The van der Waals surface area contributed by atoms with Gasteiger partial charge in [0.05, 0.1) is 5.56 Å². The molecule has 0 saturated heterocycles. The van der Waals surface area contributed by atoms with Crippen LogP contribution in [0.5, 0.6) is 11.5 Å². The van der Waals surface area contributed by atoms with Gasteiger partial charge in [0.15, 0.2) is 11.6 Å². The van der Waals surface area contributed by atoms with Crippen molar-refractivity contribution in [3.63, 3.8) is 0 Å². The maximum Gasteiger partial charge on any atom is 0.303 e. The number of rotatable bonds is 4. The smallest absolute Gasteiger partial charge is 0.303 e. The Labute approximate surface area is 258 Å². The van der Waals surface area contributed by atoms with Gasteiger partial charge in [-0.15, -0.1) is 0 Å². The van der Waals surface area contributed by atoms with E-state index >= 15 is 8.78 Å². The van der Waals surface area contributed by atoms with Gasteiger partial charge in [0, 0.05) is 65.4 Å². The van der Waals surface area contributed by atoms with Crippen LogP contribution in [0.4, 0.5) is 8.78 Å². The molecular weight excluding hydrogens is 578 g/mol. The number of halogens is 2. The fourth-order valence-corrected chi connectivity index (χ4v) is 6.08. The third kappa shape index (κ3) is 6.31. The second-order valence-corrected chi connectivity index (χ2v) is 11.8. The molecule has 1 aliphatic rings. The molecule has 0 aliphatic carbocycles. The zero-order chi connectivity index (χ0) is 31.6. The number of aromatic nitrogens is 3. The predicted molar refractivity (Wildman–Crippen MR) is 166 cm³/mol. The molecule has 1 amide bonds. The van der Waals surface area contributed by atoms with Crippen LogP contribution in [-0.2, 0) is 27.8 Å². The summed E-state index contributed by atoms with van der Waals surface area (Å²) in [5.74, 6) is -1.53. The summed E-state index contributed by atoms with van der Waals surface area (Å²) in [6, 6.07) is 15.0. The summed E-state index contributed by atoms with van der Waals surface area (Å²) in [6.45, 7) is 2.39. The van der Waals surface area contributed by atoms with Crippen molar-refractivity contribution in [3.05, 3.63) is 101 Å². The lowest BCUT2D eigenvalue weighted by atomic mass is 9.76. The van der Waals surface area contributed by atoms with Crippen molar-refractivity contribution in [2.45, 2.75) is 57.3 Å². The highest BCUT2D eigenvalue weighted by atomic mass is 19.1. The number of fused-ring (bicyclic) bond motifs is 8. The quantitative estimate of drug-likeness (QED) is 0.171. The molecule has 6 rings (SSSR count). The maximum atomic E-state index is 15.4. The molecule has 5 aromatic rings. The molecule has 45 heavy (non-hydrogen) atoms. The number of carbonyl (C=O) groups is 2.